The number of piperidine rings is 2. The smallest absolute Gasteiger partial charge is 0.253 e. The Balaban J connectivity index is 1.45. The molecule has 4 saturated heterocycles. The van der Waals surface area contributed by atoms with E-state index in [9.17, 15) is 4.79 Å². The summed E-state index contributed by atoms with van der Waals surface area (Å²) in [5.74, 6) is 1.72. The summed E-state index contributed by atoms with van der Waals surface area (Å²) in [6.07, 6.45) is 5.46. The number of likely N-dealkylation sites (tertiary alicyclic amines) is 1. The van der Waals surface area contributed by atoms with Crippen molar-refractivity contribution in [3.8, 4) is 5.75 Å². The second kappa shape index (κ2) is 9.93. The molecule has 4 aliphatic rings. The van der Waals surface area contributed by atoms with Gasteiger partial charge in [0.15, 0.2) is 0 Å². The minimum absolute atomic E-state index is 0.145. The molecule has 3 unspecified atom stereocenters. The van der Waals surface area contributed by atoms with Crippen LogP contribution < -0.4 is 4.74 Å². The molecule has 5 heteroatoms. The minimum atomic E-state index is 0.145. The van der Waals surface area contributed by atoms with Crippen molar-refractivity contribution in [1.29, 1.82) is 0 Å². The Morgan fingerprint density at radius 2 is 1.76 bits per heavy atom. The molecule has 180 valence electrons. The maximum Gasteiger partial charge on any atom is 0.253 e. The molecule has 2 aromatic carbocycles. The van der Waals surface area contributed by atoms with Gasteiger partial charge in [0.1, 0.15) is 5.75 Å². The Hall–Kier alpha value is -2.63. The second-order valence-electron chi connectivity index (χ2n) is 10.1. The van der Waals surface area contributed by atoms with Crippen LogP contribution >= 0.6 is 0 Å². The molecule has 34 heavy (non-hydrogen) atoms. The average molecular weight is 460 g/mol. The highest BCUT2D eigenvalue weighted by atomic mass is 16.5. The van der Waals surface area contributed by atoms with Crippen LogP contribution in [0.15, 0.2) is 61.2 Å². The highest BCUT2D eigenvalue weighted by Gasteiger charge is 2.53. The van der Waals surface area contributed by atoms with Crippen molar-refractivity contribution in [3.05, 3.63) is 77.9 Å². The number of methoxy groups -OCH3 is 1. The van der Waals surface area contributed by atoms with Crippen LogP contribution in [0.5, 0.6) is 5.75 Å². The number of carbonyl (C=O) groups is 1. The van der Waals surface area contributed by atoms with Crippen molar-refractivity contribution in [2.75, 3.05) is 39.8 Å². The lowest BCUT2D eigenvalue weighted by Crippen LogP contribution is -2.74. The van der Waals surface area contributed by atoms with Crippen molar-refractivity contribution in [1.82, 2.24) is 14.7 Å². The number of hydrogen-bond donors (Lipinski definition) is 0. The Morgan fingerprint density at radius 3 is 2.41 bits per heavy atom. The lowest BCUT2D eigenvalue weighted by molar-refractivity contribution is -0.133. The van der Waals surface area contributed by atoms with Gasteiger partial charge in [-0.1, -0.05) is 37.3 Å². The van der Waals surface area contributed by atoms with Gasteiger partial charge < -0.3 is 9.64 Å². The zero-order chi connectivity index (χ0) is 23.7. The summed E-state index contributed by atoms with van der Waals surface area (Å²) in [7, 11) is 1.72. The number of piperazine rings is 1. The van der Waals surface area contributed by atoms with Gasteiger partial charge in [-0.2, -0.15) is 0 Å². The zero-order valence-corrected chi connectivity index (χ0v) is 20.5. The normalized spacial score (nSPS) is 25.9. The number of amides is 1. The van der Waals surface area contributed by atoms with Gasteiger partial charge in [-0.3, -0.25) is 14.6 Å². The van der Waals surface area contributed by atoms with E-state index in [-0.39, 0.29) is 11.9 Å². The van der Waals surface area contributed by atoms with Gasteiger partial charge in [0.05, 0.1) is 13.2 Å². The molecule has 0 N–H and O–H groups in total. The van der Waals surface area contributed by atoms with E-state index >= 15 is 0 Å². The summed E-state index contributed by atoms with van der Waals surface area (Å²) in [5.41, 5.74) is 3.28. The SMILES string of the molecule is C=CCN1CC2C(C)C(C1)N2C(c1ccc(C(=O)N2CCCCC2)cc1)c1cccc(OC)c1. The van der Waals surface area contributed by atoms with Crippen LogP contribution in [-0.4, -0.2) is 72.5 Å². The van der Waals surface area contributed by atoms with Crippen LogP contribution in [0.3, 0.4) is 0 Å². The summed E-state index contributed by atoms with van der Waals surface area (Å²) in [4.78, 5) is 20.2. The number of benzene rings is 2. The standard InChI is InChI=1S/C29H37N3O2/c1-4-15-30-19-26-21(2)27(20-30)32(26)28(24-9-8-10-25(18-24)34-3)22-11-13-23(14-12-22)29(33)31-16-6-5-7-17-31/h4,8-14,18,21,26-28H,1,5-7,15-17,19-20H2,2-3H3. The summed E-state index contributed by atoms with van der Waals surface area (Å²) < 4.78 is 5.57. The molecule has 0 radical (unpaired) electrons. The highest BCUT2D eigenvalue weighted by Crippen LogP contribution is 2.46. The van der Waals surface area contributed by atoms with Crippen molar-refractivity contribution >= 4 is 5.91 Å². The van der Waals surface area contributed by atoms with Gasteiger partial charge >= 0.3 is 0 Å². The van der Waals surface area contributed by atoms with Crippen LogP contribution in [-0.2, 0) is 0 Å². The fraction of sp³-hybridized carbons (Fsp3) is 0.483. The molecule has 2 bridgehead atoms. The minimum Gasteiger partial charge on any atom is -0.497 e. The molecular weight excluding hydrogens is 422 g/mol. The van der Waals surface area contributed by atoms with Crippen molar-refractivity contribution < 1.29 is 9.53 Å². The molecule has 0 aromatic heterocycles. The summed E-state index contributed by atoms with van der Waals surface area (Å²) in [6.45, 7) is 11.2. The van der Waals surface area contributed by atoms with Crippen molar-refractivity contribution in [2.45, 2.75) is 44.3 Å². The number of fused-ring (bicyclic) bond motifs is 2. The molecule has 0 aliphatic carbocycles. The number of carbonyl (C=O) groups excluding carboxylic acids is 1. The maximum absolute atomic E-state index is 13.0. The van der Waals surface area contributed by atoms with E-state index in [2.05, 4.69) is 53.6 Å². The topological polar surface area (TPSA) is 36.0 Å². The number of rotatable bonds is 7. The molecule has 4 heterocycles. The molecular formula is C29H37N3O2. The number of nitrogens with zero attached hydrogens (tertiary/aromatic N) is 3. The van der Waals surface area contributed by atoms with E-state index in [0.29, 0.717) is 18.0 Å². The Kier molecular flexibility index (Phi) is 6.75. The van der Waals surface area contributed by atoms with E-state index < -0.39 is 0 Å². The van der Waals surface area contributed by atoms with Gasteiger partial charge in [-0.15, -0.1) is 6.58 Å². The summed E-state index contributed by atoms with van der Waals surface area (Å²) in [5, 5.41) is 0. The lowest BCUT2D eigenvalue weighted by Gasteiger charge is -2.63. The first-order valence-corrected chi connectivity index (χ1v) is 12.7. The van der Waals surface area contributed by atoms with E-state index in [4.69, 9.17) is 4.74 Å². The van der Waals surface area contributed by atoms with Gasteiger partial charge in [-0.25, -0.2) is 0 Å². The van der Waals surface area contributed by atoms with Crippen LogP contribution in [0.25, 0.3) is 0 Å². The molecule has 2 aromatic rings. The molecule has 1 amide bonds. The van der Waals surface area contributed by atoms with Crippen LogP contribution in [0.1, 0.15) is 53.7 Å². The average Bonchev–Trinajstić information content (AvgIpc) is 2.90. The van der Waals surface area contributed by atoms with Gasteiger partial charge in [-0.05, 0) is 60.6 Å². The predicted octanol–water partition coefficient (Wildman–Crippen LogP) is 4.60. The number of hydrogen-bond acceptors (Lipinski definition) is 4. The van der Waals surface area contributed by atoms with Gasteiger partial charge in [0, 0.05) is 50.4 Å². The molecule has 4 aliphatic heterocycles. The number of ether oxygens (including phenoxy) is 1. The van der Waals surface area contributed by atoms with E-state index in [1.54, 1.807) is 7.11 Å². The molecule has 4 fully saturated rings. The fourth-order valence-electron chi connectivity index (χ4n) is 6.22. The van der Waals surface area contributed by atoms with E-state index in [1.165, 1.54) is 17.5 Å². The van der Waals surface area contributed by atoms with Gasteiger partial charge in [0.2, 0.25) is 0 Å². The first kappa shape index (κ1) is 23.1. The lowest BCUT2D eigenvalue weighted by atomic mass is 9.74. The Labute approximate surface area is 204 Å². The van der Waals surface area contributed by atoms with Crippen molar-refractivity contribution in [2.24, 2.45) is 5.92 Å². The zero-order valence-electron chi connectivity index (χ0n) is 20.5. The summed E-state index contributed by atoms with van der Waals surface area (Å²) >= 11 is 0. The third-order valence-corrected chi connectivity index (χ3v) is 8.08. The van der Waals surface area contributed by atoms with Gasteiger partial charge in [0.25, 0.3) is 5.91 Å². The molecule has 3 atom stereocenters. The third-order valence-electron chi connectivity index (χ3n) is 8.08. The van der Waals surface area contributed by atoms with Crippen LogP contribution in [0.4, 0.5) is 0 Å². The monoisotopic (exact) mass is 459 g/mol. The largest absolute Gasteiger partial charge is 0.497 e. The molecule has 5 nitrogen and oxygen atoms in total. The second-order valence-corrected chi connectivity index (χ2v) is 10.1. The third kappa shape index (κ3) is 4.27. The van der Waals surface area contributed by atoms with E-state index in [1.807, 2.05) is 29.2 Å². The highest BCUT2D eigenvalue weighted by molar-refractivity contribution is 5.94. The van der Waals surface area contributed by atoms with Crippen molar-refractivity contribution in [3.63, 3.8) is 0 Å². The Morgan fingerprint density at radius 1 is 1.06 bits per heavy atom. The quantitative estimate of drug-likeness (QED) is 0.567. The molecule has 6 rings (SSSR count). The fourth-order valence-corrected chi connectivity index (χ4v) is 6.22. The molecule has 0 spiro atoms. The van der Waals surface area contributed by atoms with Crippen LogP contribution in [0, 0.1) is 5.92 Å². The first-order chi connectivity index (χ1) is 16.6. The Bertz CT molecular complexity index is 1000. The maximum atomic E-state index is 13.0. The summed E-state index contributed by atoms with van der Waals surface area (Å²) in [6, 6.07) is 18.0. The molecule has 0 saturated carbocycles. The van der Waals surface area contributed by atoms with E-state index in [0.717, 1.165) is 56.9 Å². The predicted molar refractivity (Wildman–Crippen MR) is 136 cm³/mol. The van der Waals surface area contributed by atoms with Crippen LogP contribution in [0.2, 0.25) is 0 Å². The first-order valence-electron chi connectivity index (χ1n) is 12.7.